The summed E-state index contributed by atoms with van der Waals surface area (Å²) < 4.78 is 1.81. The van der Waals surface area contributed by atoms with Crippen LogP contribution in [0.5, 0.6) is 0 Å². The molecule has 0 unspecified atom stereocenters. The van der Waals surface area contributed by atoms with Crippen LogP contribution in [-0.4, -0.2) is 26.4 Å². The highest BCUT2D eigenvalue weighted by Gasteiger charge is 2.11. The molecule has 0 atom stereocenters. The van der Waals surface area contributed by atoms with Crippen LogP contribution in [0.3, 0.4) is 0 Å². The lowest BCUT2D eigenvalue weighted by Crippen LogP contribution is -2.00. The summed E-state index contributed by atoms with van der Waals surface area (Å²) >= 11 is 7.24. The van der Waals surface area contributed by atoms with E-state index in [9.17, 15) is 4.79 Å². The second-order valence-corrected chi connectivity index (χ2v) is 4.59. The number of carboxylic acids is 1. The van der Waals surface area contributed by atoms with Crippen molar-refractivity contribution in [3.05, 3.63) is 23.2 Å². The molecule has 2 rings (SSSR count). The molecule has 6 heteroatoms. The van der Waals surface area contributed by atoms with E-state index in [2.05, 4.69) is 4.98 Å². The molecule has 0 spiro atoms. The van der Waals surface area contributed by atoms with Gasteiger partial charge in [-0.2, -0.15) is 0 Å². The van der Waals surface area contributed by atoms with Crippen molar-refractivity contribution in [2.45, 2.75) is 5.16 Å². The number of nitrogens with zero attached hydrogens (tertiary/aromatic N) is 2. The van der Waals surface area contributed by atoms with E-state index >= 15 is 0 Å². The lowest BCUT2D eigenvalue weighted by molar-refractivity contribution is -0.133. The van der Waals surface area contributed by atoms with Crippen molar-refractivity contribution in [2.24, 2.45) is 7.05 Å². The number of aromatic nitrogens is 2. The maximum atomic E-state index is 10.5. The van der Waals surface area contributed by atoms with E-state index in [1.54, 1.807) is 6.07 Å². The van der Waals surface area contributed by atoms with Gasteiger partial charge in [0.25, 0.3) is 0 Å². The summed E-state index contributed by atoms with van der Waals surface area (Å²) in [6.07, 6.45) is 0. The van der Waals surface area contributed by atoms with E-state index in [-0.39, 0.29) is 5.75 Å². The molecule has 1 aromatic heterocycles. The molecular formula is C10H9ClN2O2S. The number of para-hydroxylation sites is 1. The molecule has 1 heterocycles. The number of imidazole rings is 1. The number of halogens is 1. The first kappa shape index (κ1) is 11.3. The molecule has 0 aliphatic carbocycles. The SMILES string of the molecule is Cn1c(SCC(=O)O)nc2cccc(Cl)c21. The molecule has 0 amide bonds. The molecule has 2 aromatic rings. The standard InChI is InChI=1S/C10H9ClN2O2S/c1-13-9-6(11)3-2-4-7(9)12-10(13)16-5-8(14)15/h2-4H,5H2,1H3,(H,14,15). The lowest BCUT2D eigenvalue weighted by Gasteiger charge is -2.00. The van der Waals surface area contributed by atoms with E-state index in [1.807, 2.05) is 23.7 Å². The smallest absolute Gasteiger partial charge is 0.313 e. The molecule has 0 bridgehead atoms. The number of carboxylic acid groups (broad SMARTS) is 1. The van der Waals surface area contributed by atoms with Gasteiger partial charge in [0.15, 0.2) is 5.16 Å². The van der Waals surface area contributed by atoms with Gasteiger partial charge < -0.3 is 9.67 Å². The summed E-state index contributed by atoms with van der Waals surface area (Å²) in [7, 11) is 1.82. The maximum absolute atomic E-state index is 10.5. The average Bonchev–Trinajstić information content (AvgIpc) is 2.54. The minimum Gasteiger partial charge on any atom is -0.481 e. The normalized spacial score (nSPS) is 10.9. The van der Waals surface area contributed by atoms with Gasteiger partial charge >= 0.3 is 5.97 Å². The van der Waals surface area contributed by atoms with Crippen molar-refractivity contribution >= 4 is 40.4 Å². The van der Waals surface area contributed by atoms with E-state index in [0.29, 0.717) is 10.2 Å². The Labute approximate surface area is 101 Å². The second-order valence-electron chi connectivity index (χ2n) is 3.24. The van der Waals surface area contributed by atoms with Gasteiger partial charge in [-0.3, -0.25) is 4.79 Å². The number of aryl methyl sites for hydroxylation is 1. The number of aliphatic carboxylic acids is 1. The zero-order valence-corrected chi connectivity index (χ0v) is 10.0. The number of rotatable bonds is 3. The van der Waals surface area contributed by atoms with Crippen molar-refractivity contribution in [1.29, 1.82) is 0 Å². The van der Waals surface area contributed by atoms with E-state index in [4.69, 9.17) is 16.7 Å². The number of hydrogen-bond donors (Lipinski definition) is 1. The predicted octanol–water partition coefficient (Wildman–Crippen LogP) is 2.40. The predicted molar refractivity (Wildman–Crippen MR) is 64.1 cm³/mol. The second kappa shape index (κ2) is 4.35. The van der Waals surface area contributed by atoms with Crippen LogP contribution in [0.2, 0.25) is 5.02 Å². The Hall–Kier alpha value is -1.20. The van der Waals surface area contributed by atoms with Gasteiger partial charge in [0.2, 0.25) is 0 Å². The molecule has 0 saturated carbocycles. The Balaban J connectivity index is 2.44. The fraction of sp³-hybridized carbons (Fsp3) is 0.200. The van der Waals surface area contributed by atoms with Crippen molar-refractivity contribution in [3.8, 4) is 0 Å². The molecule has 1 N–H and O–H groups in total. The quantitative estimate of drug-likeness (QED) is 0.857. The maximum Gasteiger partial charge on any atom is 0.313 e. The lowest BCUT2D eigenvalue weighted by atomic mass is 10.3. The monoisotopic (exact) mass is 256 g/mol. The van der Waals surface area contributed by atoms with Crippen LogP contribution in [0, 0.1) is 0 Å². The molecule has 0 fully saturated rings. The van der Waals surface area contributed by atoms with Gasteiger partial charge in [0.05, 0.1) is 21.8 Å². The molecule has 84 valence electrons. The van der Waals surface area contributed by atoms with Crippen molar-refractivity contribution in [1.82, 2.24) is 9.55 Å². The third-order valence-corrected chi connectivity index (χ3v) is 3.45. The van der Waals surface area contributed by atoms with Gasteiger partial charge in [0, 0.05) is 7.05 Å². The fourth-order valence-electron chi connectivity index (χ4n) is 1.46. The molecule has 0 aliphatic heterocycles. The van der Waals surface area contributed by atoms with Crippen LogP contribution in [0.25, 0.3) is 11.0 Å². The first-order valence-corrected chi connectivity index (χ1v) is 5.91. The molecule has 16 heavy (non-hydrogen) atoms. The summed E-state index contributed by atoms with van der Waals surface area (Å²) in [4.78, 5) is 14.8. The van der Waals surface area contributed by atoms with E-state index < -0.39 is 5.97 Å². The summed E-state index contributed by atoms with van der Waals surface area (Å²) in [5.74, 6) is -0.863. The summed E-state index contributed by atoms with van der Waals surface area (Å²) in [6, 6.07) is 5.46. The Morgan fingerprint density at radius 1 is 1.62 bits per heavy atom. The molecule has 4 nitrogen and oxygen atoms in total. The highest BCUT2D eigenvalue weighted by atomic mass is 35.5. The highest BCUT2D eigenvalue weighted by molar-refractivity contribution is 7.99. The van der Waals surface area contributed by atoms with Crippen LogP contribution >= 0.6 is 23.4 Å². The Morgan fingerprint density at radius 3 is 3.00 bits per heavy atom. The summed E-state index contributed by atoms with van der Waals surface area (Å²) in [5, 5.41) is 9.89. The van der Waals surface area contributed by atoms with Crippen LogP contribution in [0.4, 0.5) is 0 Å². The van der Waals surface area contributed by atoms with Crippen molar-refractivity contribution in [3.63, 3.8) is 0 Å². The molecule has 0 radical (unpaired) electrons. The summed E-state index contributed by atoms with van der Waals surface area (Å²) in [6.45, 7) is 0. The molecule has 0 saturated heterocycles. The van der Waals surface area contributed by atoms with Gasteiger partial charge in [-0.15, -0.1) is 0 Å². The van der Waals surface area contributed by atoms with Gasteiger partial charge in [-0.1, -0.05) is 29.4 Å². The number of hydrogen-bond acceptors (Lipinski definition) is 3. The third-order valence-electron chi connectivity index (χ3n) is 2.13. The molecule has 1 aromatic carbocycles. The van der Waals surface area contributed by atoms with E-state index in [1.165, 1.54) is 11.8 Å². The first-order valence-electron chi connectivity index (χ1n) is 4.55. The third kappa shape index (κ3) is 2.01. The van der Waals surface area contributed by atoms with Crippen LogP contribution < -0.4 is 0 Å². The minimum atomic E-state index is -0.858. The number of carbonyl (C=O) groups is 1. The average molecular weight is 257 g/mol. The number of benzene rings is 1. The first-order chi connectivity index (χ1) is 7.59. The number of thioether (sulfide) groups is 1. The van der Waals surface area contributed by atoms with E-state index in [0.717, 1.165) is 11.0 Å². The molecular weight excluding hydrogens is 248 g/mol. The van der Waals surface area contributed by atoms with Crippen molar-refractivity contribution < 1.29 is 9.90 Å². The Bertz CT molecular complexity index is 553. The minimum absolute atomic E-state index is 0.00518. The van der Waals surface area contributed by atoms with Crippen LogP contribution in [0.1, 0.15) is 0 Å². The van der Waals surface area contributed by atoms with Crippen LogP contribution in [-0.2, 0) is 11.8 Å². The highest BCUT2D eigenvalue weighted by Crippen LogP contribution is 2.27. The molecule has 0 aliphatic rings. The Morgan fingerprint density at radius 2 is 2.38 bits per heavy atom. The van der Waals surface area contributed by atoms with Gasteiger partial charge in [0.1, 0.15) is 0 Å². The zero-order valence-electron chi connectivity index (χ0n) is 8.48. The van der Waals surface area contributed by atoms with Gasteiger partial charge in [-0.25, -0.2) is 4.98 Å². The topological polar surface area (TPSA) is 55.1 Å². The van der Waals surface area contributed by atoms with Crippen molar-refractivity contribution in [2.75, 3.05) is 5.75 Å². The van der Waals surface area contributed by atoms with Gasteiger partial charge in [-0.05, 0) is 12.1 Å². The largest absolute Gasteiger partial charge is 0.481 e. The Kier molecular flexibility index (Phi) is 3.07. The summed E-state index contributed by atoms with van der Waals surface area (Å²) in [5.41, 5.74) is 1.61. The number of fused-ring (bicyclic) bond motifs is 1. The zero-order chi connectivity index (χ0) is 11.7. The van der Waals surface area contributed by atoms with Crippen LogP contribution in [0.15, 0.2) is 23.4 Å². The fourth-order valence-corrected chi connectivity index (χ4v) is 2.45.